The van der Waals surface area contributed by atoms with Crippen LogP contribution in [0.4, 0.5) is 5.69 Å². The Bertz CT molecular complexity index is 476. The number of ether oxygens (including phenoxy) is 1. The van der Waals surface area contributed by atoms with E-state index < -0.39 is 0 Å². The third-order valence-corrected chi connectivity index (χ3v) is 2.85. The van der Waals surface area contributed by atoms with Crippen molar-refractivity contribution >= 4 is 17.5 Å². The molecule has 1 fully saturated rings. The van der Waals surface area contributed by atoms with Crippen molar-refractivity contribution in [2.24, 2.45) is 0 Å². The van der Waals surface area contributed by atoms with Crippen molar-refractivity contribution in [1.82, 2.24) is 10.6 Å². The Morgan fingerprint density at radius 2 is 2.26 bits per heavy atom. The van der Waals surface area contributed by atoms with Gasteiger partial charge in [0.2, 0.25) is 11.8 Å². The number of carbonyl (C=O) groups excluding carboxylic acids is 2. The minimum absolute atomic E-state index is 0.0291. The summed E-state index contributed by atoms with van der Waals surface area (Å²) in [6, 6.07) is 7.03. The zero-order valence-corrected chi connectivity index (χ0v) is 10.5. The molecule has 4 N–H and O–H groups in total. The van der Waals surface area contributed by atoms with Crippen LogP contribution in [0.15, 0.2) is 24.3 Å². The summed E-state index contributed by atoms with van der Waals surface area (Å²) >= 11 is 0. The first-order valence-electron chi connectivity index (χ1n) is 6.18. The highest BCUT2D eigenvalue weighted by Crippen LogP contribution is 2.19. The van der Waals surface area contributed by atoms with Gasteiger partial charge in [0.15, 0.2) is 0 Å². The molecule has 0 radical (unpaired) electrons. The number of nitrogens with two attached hydrogens (primary N) is 1. The van der Waals surface area contributed by atoms with Crippen molar-refractivity contribution in [3.63, 3.8) is 0 Å². The Hall–Kier alpha value is -2.24. The molecule has 1 aromatic rings. The van der Waals surface area contributed by atoms with E-state index in [2.05, 4.69) is 10.6 Å². The van der Waals surface area contributed by atoms with Crippen LogP contribution in [0, 0.1) is 0 Å². The van der Waals surface area contributed by atoms with E-state index in [0.717, 1.165) is 0 Å². The third-order valence-electron chi connectivity index (χ3n) is 2.85. The summed E-state index contributed by atoms with van der Waals surface area (Å²) < 4.78 is 5.42. The molecule has 1 aliphatic heterocycles. The number of amides is 2. The van der Waals surface area contributed by atoms with Crippen molar-refractivity contribution in [1.29, 1.82) is 0 Å². The van der Waals surface area contributed by atoms with Crippen LogP contribution in [0.5, 0.6) is 5.75 Å². The summed E-state index contributed by atoms with van der Waals surface area (Å²) in [6.07, 6.45) is 0.581. The number of nitrogens with one attached hydrogen (secondary N) is 2. The second-order valence-electron chi connectivity index (χ2n) is 4.41. The summed E-state index contributed by atoms with van der Waals surface area (Å²) in [7, 11) is 0. The van der Waals surface area contributed by atoms with Gasteiger partial charge in [0.1, 0.15) is 5.75 Å². The van der Waals surface area contributed by atoms with Crippen LogP contribution >= 0.6 is 0 Å². The van der Waals surface area contributed by atoms with Crippen LogP contribution in [0.1, 0.15) is 12.8 Å². The van der Waals surface area contributed by atoms with Gasteiger partial charge in [-0.2, -0.15) is 0 Å². The second kappa shape index (κ2) is 6.08. The largest absolute Gasteiger partial charge is 0.491 e. The number of benzene rings is 1. The third kappa shape index (κ3) is 3.87. The highest BCUT2D eigenvalue weighted by atomic mass is 16.5. The van der Waals surface area contributed by atoms with Gasteiger partial charge in [0.05, 0.1) is 24.8 Å². The number of anilines is 1. The van der Waals surface area contributed by atoms with Gasteiger partial charge in [-0.3, -0.25) is 9.59 Å². The number of nitrogen functional groups attached to an aromatic ring is 1. The van der Waals surface area contributed by atoms with Crippen LogP contribution < -0.4 is 21.1 Å². The van der Waals surface area contributed by atoms with E-state index in [1.807, 2.05) is 12.1 Å². The maximum absolute atomic E-state index is 11.6. The first-order chi connectivity index (χ1) is 9.15. The fourth-order valence-corrected chi connectivity index (χ4v) is 1.87. The highest BCUT2D eigenvalue weighted by molar-refractivity contribution is 5.82. The number of hydrogen-bond donors (Lipinski definition) is 3. The summed E-state index contributed by atoms with van der Waals surface area (Å²) in [6.45, 7) is 0.755. The lowest BCUT2D eigenvalue weighted by Crippen LogP contribution is -2.36. The summed E-state index contributed by atoms with van der Waals surface area (Å²) in [4.78, 5) is 22.6. The molecule has 102 valence electrons. The molecule has 19 heavy (non-hydrogen) atoms. The van der Waals surface area contributed by atoms with Crippen LogP contribution in [0.3, 0.4) is 0 Å². The van der Waals surface area contributed by atoms with Crippen molar-refractivity contribution in [3.8, 4) is 5.75 Å². The molecule has 6 nitrogen and oxygen atoms in total. The second-order valence-corrected chi connectivity index (χ2v) is 4.41. The number of para-hydroxylation sites is 2. The first kappa shape index (κ1) is 13.2. The zero-order chi connectivity index (χ0) is 13.7. The van der Waals surface area contributed by atoms with Crippen molar-refractivity contribution in [2.45, 2.75) is 18.9 Å². The lowest BCUT2D eigenvalue weighted by Gasteiger charge is -2.11. The zero-order valence-electron chi connectivity index (χ0n) is 10.5. The highest BCUT2D eigenvalue weighted by Gasteiger charge is 2.22. The molecule has 1 heterocycles. The van der Waals surface area contributed by atoms with Crippen LogP contribution in [0.2, 0.25) is 0 Å². The number of carbonyl (C=O) groups is 2. The Morgan fingerprint density at radius 1 is 1.47 bits per heavy atom. The number of rotatable bonds is 5. The topological polar surface area (TPSA) is 93.4 Å². The molecule has 1 atom stereocenters. The van der Waals surface area contributed by atoms with Gasteiger partial charge in [-0.15, -0.1) is 0 Å². The average molecular weight is 263 g/mol. The molecule has 0 aliphatic carbocycles. The molecule has 0 saturated carbocycles. The van der Waals surface area contributed by atoms with E-state index in [9.17, 15) is 9.59 Å². The van der Waals surface area contributed by atoms with Crippen molar-refractivity contribution in [3.05, 3.63) is 24.3 Å². The summed E-state index contributed by atoms with van der Waals surface area (Å²) in [5, 5.41) is 5.44. The number of hydrogen-bond acceptors (Lipinski definition) is 4. The lowest BCUT2D eigenvalue weighted by molar-refractivity contribution is -0.122. The maximum Gasteiger partial charge on any atom is 0.223 e. The standard InChI is InChI=1S/C13H17N3O3/c14-10-3-1-2-4-11(10)19-6-5-12(17)16-9-7-13(18)15-8-9/h1-4,9H,5-8,14H2,(H,15,18)(H,16,17). The molecule has 0 aromatic heterocycles. The molecule has 1 unspecified atom stereocenters. The fraction of sp³-hybridized carbons (Fsp3) is 0.385. The minimum Gasteiger partial charge on any atom is -0.491 e. The van der Waals surface area contributed by atoms with Crippen molar-refractivity contribution in [2.75, 3.05) is 18.9 Å². The van der Waals surface area contributed by atoms with Gasteiger partial charge in [0, 0.05) is 13.0 Å². The van der Waals surface area contributed by atoms with Gasteiger partial charge >= 0.3 is 0 Å². The van der Waals surface area contributed by atoms with Gasteiger partial charge in [-0.05, 0) is 12.1 Å². The maximum atomic E-state index is 11.6. The van der Waals surface area contributed by atoms with Gasteiger partial charge in [-0.25, -0.2) is 0 Å². The lowest BCUT2D eigenvalue weighted by atomic mass is 10.2. The smallest absolute Gasteiger partial charge is 0.223 e. The Morgan fingerprint density at radius 3 is 2.95 bits per heavy atom. The van der Waals surface area contributed by atoms with Gasteiger partial charge in [0.25, 0.3) is 0 Å². The predicted octanol–water partition coefficient (Wildman–Crippen LogP) is 0.0424. The SMILES string of the molecule is Nc1ccccc1OCCC(=O)NC1CNC(=O)C1. The van der Waals surface area contributed by atoms with E-state index in [-0.39, 0.29) is 30.9 Å². The van der Waals surface area contributed by atoms with E-state index in [0.29, 0.717) is 24.4 Å². The van der Waals surface area contributed by atoms with Gasteiger partial charge in [-0.1, -0.05) is 12.1 Å². The van der Waals surface area contributed by atoms with E-state index in [1.165, 1.54) is 0 Å². The monoisotopic (exact) mass is 263 g/mol. The summed E-state index contributed by atoms with van der Waals surface area (Å²) in [5.74, 6) is 0.419. The molecule has 0 bridgehead atoms. The van der Waals surface area contributed by atoms with E-state index >= 15 is 0 Å². The Kier molecular flexibility index (Phi) is 4.22. The molecule has 2 rings (SSSR count). The van der Waals surface area contributed by atoms with E-state index in [1.54, 1.807) is 12.1 Å². The molecule has 0 spiro atoms. The molecule has 2 amide bonds. The normalized spacial score (nSPS) is 17.9. The quantitative estimate of drug-likeness (QED) is 0.654. The molecule has 1 saturated heterocycles. The predicted molar refractivity (Wildman–Crippen MR) is 70.5 cm³/mol. The first-order valence-corrected chi connectivity index (χ1v) is 6.18. The van der Waals surface area contributed by atoms with E-state index in [4.69, 9.17) is 10.5 Å². The van der Waals surface area contributed by atoms with Crippen LogP contribution in [0.25, 0.3) is 0 Å². The Labute approximate surface area is 111 Å². The molecule has 6 heteroatoms. The van der Waals surface area contributed by atoms with Crippen LogP contribution in [-0.4, -0.2) is 31.0 Å². The molecular weight excluding hydrogens is 246 g/mol. The average Bonchev–Trinajstić information content (AvgIpc) is 2.77. The minimum atomic E-state index is -0.129. The van der Waals surface area contributed by atoms with Gasteiger partial charge < -0.3 is 21.1 Å². The molecule has 1 aliphatic rings. The molecule has 1 aromatic carbocycles. The fourth-order valence-electron chi connectivity index (χ4n) is 1.87. The summed E-state index contributed by atoms with van der Waals surface area (Å²) in [5.41, 5.74) is 6.26. The van der Waals surface area contributed by atoms with Crippen LogP contribution in [-0.2, 0) is 9.59 Å². The molecular formula is C13H17N3O3. The Balaban J connectivity index is 1.69. The van der Waals surface area contributed by atoms with Crippen molar-refractivity contribution < 1.29 is 14.3 Å².